The zero-order chi connectivity index (χ0) is 13.8. The summed E-state index contributed by atoms with van der Waals surface area (Å²) in [5, 5.41) is 3.43. The monoisotopic (exact) mass is 333 g/mol. The molecule has 1 atom stereocenters. The van der Waals surface area contributed by atoms with Gasteiger partial charge in [-0.05, 0) is 51.2 Å². The van der Waals surface area contributed by atoms with Crippen LogP contribution in [0, 0.1) is 5.92 Å². The minimum Gasteiger partial charge on any atom is -0.340 e. The summed E-state index contributed by atoms with van der Waals surface area (Å²) >= 11 is 1.97. The van der Waals surface area contributed by atoms with Gasteiger partial charge in [0, 0.05) is 31.1 Å². The molecule has 3 aliphatic rings. The topological polar surface area (TPSA) is 35.6 Å². The van der Waals surface area contributed by atoms with Crippen molar-refractivity contribution < 1.29 is 4.79 Å². The number of hydrogen-bond donors (Lipinski definition) is 1. The first-order valence-corrected chi connectivity index (χ1v) is 9.31. The molecule has 3 saturated heterocycles. The highest BCUT2D eigenvalue weighted by Gasteiger charge is 2.35. The summed E-state index contributed by atoms with van der Waals surface area (Å²) < 4.78 is 0. The number of likely N-dealkylation sites (tertiary alicyclic amines) is 1. The van der Waals surface area contributed by atoms with Crippen LogP contribution in [0.4, 0.5) is 0 Å². The minimum atomic E-state index is 0. The number of nitrogens with zero attached hydrogens (tertiary/aromatic N) is 2. The summed E-state index contributed by atoms with van der Waals surface area (Å²) in [6, 6.07) is 0.188. The molecule has 1 unspecified atom stereocenters. The molecule has 4 nitrogen and oxygen atoms in total. The number of hydrogen-bond acceptors (Lipinski definition) is 4. The molecule has 0 aromatic carbocycles. The van der Waals surface area contributed by atoms with Crippen LogP contribution in [0.15, 0.2) is 0 Å². The zero-order valence-electron chi connectivity index (χ0n) is 12.8. The molecule has 3 fully saturated rings. The van der Waals surface area contributed by atoms with Gasteiger partial charge in [-0.3, -0.25) is 9.69 Å². The van der Waals surface area contributed by atoms with E-state index in [2.05, 4.69) is 15.1 Å². The average Bonchev–Trinajstić information content (AvgIpc) is 2.96. The second-order valence-electron chi connectivity index (χ2n) is 6.28. The Balaban J connectivity index is 0.00000161. The molecule has 0 spiro atoms. The fourth-order valence-corrected chi connectivity index (χ4v) is 4.62. The minimum absolute atomic E-state index is 0. The Labute approximate surface area is 138 Å². The molecule has 3 heterocycles. The molecular formula is C15H28ClN3OS. The number of nitrogens with one attached hydrogen (secondary N) is 1. The zero-order valence-corrected chi connectivity index (χ0v) is 14.4. The highest BCUT2D eigenvalue weighted by atomic mass is 35.5. The number of thioether (sulfide) groups is 1. The van der Waals surface area contributed by atoms with Gasteiger partial charge in [0.2, 0.25) is 5.91 Å². The lowest BCUT2D eigenvalue weighted by atomic mass is 9.97. The summed E-state index contributed by atoms with van der Waals surface area (Å²) in [5.74, 6) is 3.44. The molecule has 0 saturated carbocycles. The summed E-state index contributed by atoms with van der Waals surface area (Å²) in [5.41, 5.74) is 0. The molecule has 1 N–H and O–H groups in total. The fraction of sp³-hybridized carbons (Fsp3) is 0.933. The van der Waals surface area contributed by atoms with E-state index in [4.69, 9.17) is 0 Å². The summed E-state index contributed by atoms with van der Waals surface area (Å²) in [7, 11) is 0. The van der Waals surface area contributed by atoms with Crippen molar-refractivity contribution in [3.05, 3.63) is 0 Å². The van der Waals surface area contributed by atoms with Crippen LogP contribution >= 0.6 is 24.2 Å². The van der Waals surface area contributed by atoms with Gasteiger partial charge in [0.05, 0.1) is 6.04 Å². The predicted molar refractivity (Wildman–Crippen MR) is 91.3 cm³/mol. The maximum absolute atomic E-state index is 12.7. The van der Waals surface area contributed by atoms with Gasteiger partial charge in [0.15, 0.2) is 0 Å². The predicted octanol–water partition coefficient (Wildman–Crippen LogP) is 1.45. The van der Waals surface area contributed by atoms with Gasteiger partial charge < -0.3 is 10.2 Å². The van der Waals surface area contributed by atoms with Crippen molar-refractivity contribution in [1.29, 1.82) is 0 Å². The number of halogens is 1. The van der Waals surface area contributed by atoms with E-state index in [1.54, 1.807) is 0 Å². The van der Waals surface area contributed by atoms with Gasteiger partial charge in [0.1, 0.15) is 0 Å². The van der Waals surface area contributed by atoms with Crippen molar-refractivity contribution in [3.8, 4) is 0 Å². The van der Waals surface area contributed by atoms with E-state index in [1.807, 2.05) is 11.8 Å². The third-order valence-electron chi connectivity index (χ3n) is 4.92. The molecule has 0 bridgehead atoms. The molecule has 3 aliphatic heterocycles. The first kappa shape index (κ1) is 17.4. The van der Waals surface area contributed by atoms with Crippen LogP contribution in [0.5, 0.6) is 0 Å². The first-order chi connectivity index (χ1) is 9.84. The van der Waals surface area contributed by atoms with Crippen molar-refractivity contribution in [3.63, 3.8) is 0 Å². The van der Waals surface area contributed by atoms with E-state index in [-0.39, 0.29) is 18.4 Å². The largest absolute Gasteiger partial charge is 0.340 e. The Bertz CT molecular complexity index is 333. The number of carbonyl (C=O) groups is 1. The van der Waals surface area contributed by atoms with Crippen LogP contribution in [0.25, 0.3) is 0 Å². The van der Waals surface area contributed by atoms with Gasteiger partial charge in [-0.25, -0.2) is 0 Å². The van der Waals surface area contributed by atoms with Crippen LogP contribution in [-0.2, 0) is 4.79 Å². The molecule has 1 amide bonds. The highest BCUT2D eigenvalue weighted by molar-refractivity contribution is 7.99. The lowest BCUT2D eigenvalue weighted by Gasteiger charge is -2.34. The standard InChI is InChI=1S/C15H27N3OS.ClH/c19-15(17-8-10-20-11-9-17)14-2-1-7-18(14)12-13-3-5-16-6-4-13;/h13-14,16H,1-12H2;1H. The number of piperidine rings is 1. The van der Waals surface area contributed by atoms with Crippen LogP contribution in [0.1, 0.15) is 25.7 Å². The number of carbonyl (C=O) groups excluding carboxylic acids is 1. The molecule has 0 aromatic rings. The molecule has 3 rings (SSSR count). The molecule has 122 valence electrons. The number of amides is 1. The van der Waals surface area contributed by atoms with E-state index >= 15 is 0 Å². The molecular weight excluding hydrogens is 306 g/mol. The Kier molecular flexibility index (Phi) is 7.13. The van der Waals surface area contributed by atoms with Crippen LogP contribution < -0.4 is 5.32 Å². The third kappa shape index (κ3) is 4.50. The van der Waals surface area contributed by atoms with Crippen LogP contribution in [0.3, 0.4) is 0 Å². The third-order valence-corrected chi connectivity index (χ3v) is 5.87. The Morgan fingerprint density at radius 1 is 1.10 bits per heavy atom. The van der Waals surface area contributed by atoms with Crippen molar-refractivity contribution in [2.24, 2.45) is 5.92 Å². The molecule has 6 heteroatoms. The van der Waals surface area contributed by atoms with E-state index in [9.17, 15) is 4.79 Å². The quantitative estimate of drug-likeness (QED) is 0.848. The van der Waals surface area contributed by atoms with Crippen LogP contribution in [0.2, 0.25) is 0 Å². The van der Waals surface area contributed by atoms with Crippen molar-refractivity contribution in [2.75, 3.05) is 50.8 Å². The van der Waals surface area contributed by atoms with Crippen molar-refractivity contribution in [2.45, 2.75) is 31.7 Å². The average molecular weight is 334 g/mol. The summed E-state index contributed by atoms with van der Waals surface area (Å²) in [6.07, 6.45) is 4.83. The Hall–Kier alpha value is 0.0300. The SMILES string of the molecule is Cl.O=C(C1CCCN1CC1CCNCC1)N1CCSCC1. The lowest BCUT2D eigenvalue weighted by Crippen LogP contribution is -2.49. The van der Waals surface area contributed by atoms with E-state index in [1.165, 1.54) is 19.3 Å². The van der Waals surface area contributed by atoms with E-state index < -0.39 is 0 Å². The maximum Gasteiger partial charge on any atom is 0.239 e. The van der Waals surface area contributed by atoms with Gasteiger partial charge in [-0.15, -0.1) is 12.4 Å². The molecule has 0 aliphatic carbocycles. The maximum atomic E-state index is 12.7. The van der Waals surface area contributed by atoms with E-state index in [0.29, 0.717) is 5.91 Å². The van der Waals surface area contributed by atoms with Gasteiger partial charge in [-0.1, -0.05) is 0 Å². The van der Waals surface area contributed by atoms with Gasteiger partial charge >= 0.3 is 0 Å². The van der Waals surface area contributed by atoms with Crippen molar-refractivity contribution >= 4 is 30.1 Å². The van der Waals surface area contributed by atoms with Crippen molar-refractivity contribution in [1.82, 2.24) is 15.1 Å². The van der Waals surface area contributed by atoms with Gasteiger partial charge in [0.25, 0.3) is 0 Å². The number of rotatable bonds is 3. The second kappa shape index (κ2) is 8.61. The van der Waals surface area contributed by atoms with E-state index in [0.717, 1.165) is 63.1 Å². The van der Waals surface area contributed by atoms with Gasteiger partial charge in [-0.2, -0.15) is 11.8 Å². The molecule has 0 radical (unpaired) electrons. The smallest absolute Gasteiger partial charge is 0.239 e. The summed E-state index contributed by atoms with van der Waals surface area (Å²) in [4.78, 5) is 17.3. The highest BCUT2D eigenvalue weighted by Crippen LogP contribution is 2.24. The normalized spacial score (nSPS) is 28.4. The fourth-order valence-electron chi connectivity index (χ4n) is 3.71. The Morgan fingerprint density at radius 3 is 2.52 bits per heavy atom. The first-order valence-electron chi connectivity index (χ1n) is 8.16. The summed E-state index contributed by atoms with van der Waals surface area (Å²) in [6.45, 7) is 6.49. The molecule has 0 aromatic heterocycles. The second-order valence-corrected chi connectivity index (χ2v) is 7.51. The van der Waals surface area contributed by atoms with Crippen LogP contribution in [-0.4, -0.2) is 72.5 Å². The Morgan fingerprint density at radius 2 is 1.81 bits per heavy atom. The molecule has 21 heavy (non-hydrogen) atoms. The lowest BCUT2D eigenvalue weighted by molar-refractivity contribution is -0.135.